The Morgan fingerprint density at radius 1 is 1.17 bits per heavy atom. The Bertz CT molecular complexity index is 532. The predicted molar refractivity (Wildman–Crippen MR) is 85.4 cm³/mol. The largest absolute Gasteiger partial charge is 0.477 e. The SMILES string of the molecule is COc1nccnc1O[C@@H]1CCN(C(=O)CC2CCCCC2)C1. The highest BCUT2D eigenvalue weighted by Crippen LogP contribution is 2.28. The molecule has 2 aliphatic rings. The van der Waals surface area contributed by atoms with Crippen molar-refractivity contribution < 1.29 is 14.3 Å². The molecule has 1 aliphatic carbocycles. The van der Waals surface area contributed by atoms with Crippen molar-refractivity contribution in [2.24, 2.45) is 5.92 Å². The molecule has 0 N–H and O–H groups in total. The van der Waals surface area contributed by atoms with E-state index in [-0.39, 0.29) is 12.0 Å². The molecule has 1 saturated heterocycles. The Balaban J connectivity index is 1.50. The Hall–Kier alpha value is -1.85. The maximum Gasteiger partial charge on any atom is 0.278 e. The summed E-state index contributed by atoms with van der Waals surface area (Å²) in [6.45, 7) is 1.39. The lowest BCUT2D eigenvalue weighted by molar-refractivity contribution is -0.131. The molecule has 23 heavy (non-hydrogen) atoms. The summed E-state index contributed by atoms with van der Waals surface area (Å²) < 4.78 is 11.0. The van der Waals surface area contributed by atoms with Gasteiger partial charge in [-0.25, -0.2) is 9.97 Å². The zero-order valence-electron chi connectivity index (χ0n) is 13.7. The topological polar surface area (TPSA) is 64.6 Å². The fraction of sp³-hybridized carbons (Fsp3) is 0.706. The molecule has 0 unspecified atom stereocenters. The molecular weight excluding hydrogens is 294 g/mol. The van der Waals surface area contributed by atoms with Gasteiger partial charge in [0.25, 0.3) is 11.8 Å². The van der Waals surface area contributed by atoms with E-state index in [2.05, 4.69) is 9.97 Å². The number of hydrogen-bond donors (Lipinski definition) is 0. The molecule has 2 fully saturated rings. The number of amides is 1. The molecule has 0 aromatic carbocycles. The van der Waals surface area contributed by atoms with Crippen molar-refractivity contribution in [2.75, 3.05) is 20.2 Å². The van der Waals surface area contributed by atoms with Gasteiger partial charge in [-0.1, -0.05) is 19.3 Å². The second-order valence-corrected chi connectivity index (χ2v) is 6.45. The van der Waals surface area contributed by atoms with Gasteiger partial charge in [-0.05, 0) is 18.8 Å². The average Bonchev–Trinajstić information content (AvgIpc) is 3.05. The van der Waals surface area contributed by atoms with Crippen molar-refractivity contribution in [3.8, 4) is 11.8 Å². The van der Waals surface area contributed by atoms with E-state index in [1.54, 1.807) is 19.5 Å². The number of carbonyl (C=O) groups is 1. The standard InChI is InChI=1S/C17H25N3O3/c1-22-16-17(19-9-8-18-16)23-14-7-10-20(12-14)15(21)11-13-5-3-2-4-6-13/h8-9,13-14H,2-7,10-12H2,1H3/t14-/m1/s1. The van der Waals surface area contributed by atoms with Gasteiger partial charge < -0.3 is 14.4 Å². The summed E-state index contributed by atoms with van der Waals surface area (Å²) in [4.78, 5) is 22.6. The summed E-state index contributed by atoms with van der Waals surface area (Å²) in [5.41, 5.74) is 0. The van der Waals surface area contributed by atoms with Gasteiger partial charge >= 0.3 is 0 Å². The Morgan fingerprint density at radius 2 is 1.91 bits per heavy atom. The van der Waals surface area contributed by atoms with Crippen molar-refractivity contribution in [2.45, 2.75) is 51.0 Å². The predicted octanol–water partition coefficient (Wildman–Crippen LogP) is 2.44. The number of nitrogens with zero attached hydrogens (tertiary/aromatic N) is 3. The molecule has 1 aromatic heterocycles. The molecule has 0 spiro atoms. The highest BCUT2D eigenvalue weighted by atomic mass is 16.5. The van der Waals surface area contributed by atoms with Gasteiger partial charge in [0.05, 0.1) is 13.7 Å². The van der Waals surface area contributed by atoms with Gasteiger partial charge in [-0.2, -0.15) is 0 Å². The zero-order valence-corrected chi connectivity index (χ0v) is 13.7. The van der Waals surface area contributed by atoms with E-state index in [0.29, 0.717) is 30.6 Å². The summed E-state index contributed by atoms with van der Waals surface area (Å²) in [6, 6.07) is 0. The molecule has 1 atom stereocenters. The van der Waals surface area contributed by atoms with E-state index in [0.717, 1.165) is 13.0 Å². The molecule has 0 radical (unpaired) electrons. The first-order chi connectivity index (χ1) is 11.3. The van der Waals surface area contributed by atoms with Crippen LogP contribution in [0.15, 0.2) is 12.4 Å². The highest BCUT2D eigenvalue weighted by molar-refractivity contribution is 5.76. The van der Waals surface area contributed by atoms with Gasteiger partial charge in [0, 0.05) is 31.8 Å². The monoisotopic (exact) mass is 319 g/mol. The summed E-state index contributed by atoms with van der Waals surface area (Å²) in [7, 11) is 1.55. The third-order valence-electron chi connectivity index (χ3n) is 4.79. The van der Waals surface area contributed by atoms with Crippen molar-refractivity contribution in [1.82, 2.24) is 14.9 Å². The molecule has 1 saturated carbocycles. The normalized spacial score (nSPS) is 22.1. The molecule has 2 heterocycles. The zero-order chi connectivity index (χ0) is 16.1. The number of hydrogen-bond acceptors (Lipinski definition) is 5. The van der Waals surface area contributed by atoms with Crippen molar-refractivity contribution in [3.63, 3.8) is 0 Å². The summed E-state index contributed by atoms with van der Waals surface area (Å²) in [5.74, 6) is 1.64. The summed E-state index contributed by atoms with van der Waals surface area (Å²) in [5, 5.41) is 0. The summed E-state index contributed by atoms with van der Waals surface area (Å²) >= 11 is 0. The lowest BCUT2D eigenvalue weighted by atomic mass is 9.87. The van der Waals surface area contributed by atoms with E-state index in [9.17, 15) is 4.79 Å². The van der Waals surface area contributed by atoms with E-state index in [4.69, 9.17) is 9.47 Å². The number of rotatable bonds is 5. The first-order valence-electron chi connectivity index (χ1n) is 8.55. The van der Waals surface area contributed by atoms with Crippen molar-refractivity contribution in [3.05, 3.63) is 12.4 Å². The minimum absolute atomic E-state index is 0.0316. The van der Waals surface area contributed by atoms with Crippen molar-refractivity contribution >= 4 is 5.91 Å². The number of aromatic nitrogens is 2. The molecule has 126 valence electrons. The van der Waals surface area contributed by atoms with Gasteiger partial charge in [0.2, 0.25) is 5.91 Å². The fourth-order valence-corrected chi connectivity index (χ4v) is 3.51. The fourth-order valence-electron chi connectivity index (χ4n) is 3.51. The quantitative estimate of drug-likeness (QED) is 0.834. The number of likely N-dealkylation sites (tertiary alicyclic amines) is 1. The van der Waals surface area contributed by atoms with Crippen LogP contribution in [0.25, 0.3) is 0 Å². The molecule has 6 nitrogen and oxygen atoms in total. The molecule has 0 bridgehead atoms. The first-order valence-corrected chi connectivity index (χ1v) is 8.55. The molecule has 1 aromatic rings. The van der Waals surface area contributed by atoms with Crippen LogP contribution < -0.4 is 9.47 Å². The Kier molecular flexibility index (Phi) is 5.31. The molecule has 6 heteroatoms. The van der Waals surface area contributed by atoms with Crippen LogP contribution in [-0.4, -0.2) is 47.1 Å². The molecular formula is C17H25N3O3. The highest BCUT2D eigenvalue weighted by Gasteiger charge is 2.30. The average molecular weight is 319 g/mol. The van der Waals surface area contributed by atoms with Crippen LogP contribution in [0, 0.1) is 5.92 Å². The minimum Gasteiger partial charge on any atom is -0.477 e. The molecule has 3 rings (SSSR count). The van der Waals surface area contributed by atoms with Crippen LogP contribution in [0.1, 0.15) is 44.9 Å². The van der Waals surface area contributed by atoms with Crippen LogP contribution >= 0.6 is 0 Å². The van der Waals surface area contributed by atoms with Crippen molar-refractivity contribution in [1.29, 1.82) is 0 Å². The molecule has 1 aliphatic heterocycles. The minimum atomic E-state index is -0.0316. The maximum atomic E-state index is 12.5. The lowest BCUT2D eigenvalue weighted by Gasteiger charge is -2.24. The van der Waals surface area contributed by atoms with Gasteiger partial charge in [-0.3, -0.25) is 4.79 Å². The van der Waals surface area contributed by atoms with E-state index >= 15 is 0 Å². The number of methoxy groups -OCH3 is 1. The second kappa shape index (κ2) is 7.62. The lowest BCUT2D eigenvalue weighted by Crippen LogP contribution is -2.32. The van der Waals surface area contributed by atoms with Crippen LogP contribution in [-0.2, 0) is 4.79 Å². The second-order valence-electron chi connectivity index (χ2n) is 6.45. The van der Waals surface area contributed by atoms with E-state index < -0.39 is 0 Å². The third kappa shape index (κ3) is 4.12. The molecule has 1 amide bonds. The third-order valence-corrected chi connectivity index (χ3v) is 4.79. The van der Waals surface area contributed by atoms with E-state index in [1.165, 1.54) is 32.1 Å². The van der Waals surface area contributed by atoms with E-state index in [1.807, 2.05) is 4.90 Å². The Morgan fingerprint density at radius 3 is 2.65 bits per heavy atom. The van der Waals surface area contributed by atoms with Crippen LogP contribution in [0.4, 0.5) is 0 Å². The number of carbonyl (C=O) groups excluding carboxylic acids is 1. The Labute approximate surface area is 137 Å². The maximum absolute atomic E-state index is 12.5. The van der Waals surface area contributed by atoms with Gasteiger partial charge in [-0.15, -0.1) is 0 Å². The number of ether oxygens (including phenoxy) is 2. The smallest absolute Gasteiger partial charge is 0.278 e. The van der Waals surface area contributed by atoms with Gasteiger partial charge in [0.1, 0.15) is 6.10 Å². The van der Waals surface area contributed by atoms with Crippen LogP contribution in [0.5, 0.6) is 11.8 Å². The summed E-state index contributed by atoms with van der Waals surface area (Å²) in [6.07, 6.45) is 10.9. The van der Waals surface area contributed by atoms with Crippen LogP contribution in [0.2, 0.25) is 0 Å². The van der Waals surface area contributed by atoms with Crippen LogP contribution in [0.3, 0.4) is 0 Å². The first kappa shape index (κ1) is 16.0. The van der Waals surface area contributed by atoms with Gasteiger partial charge in [0.15, 0.2) is 0 Å².